The molecule has 3 aromatic carbocycles. The molecule has 10 nitrogen and oxygen atoms in total. The summed E-state index contributed by atoms with van der Waals surface area (Å²) in [7, 11) is 0. The Morgan fingerprint density at radius 1 is 0.683 bits per heavy atom. The summed E-state index contributed by atoms with van der Waals surface area (Å²) in [5, 5.41) is 0. The first-order valence-corrected chi connectivity index (χ1v) is 12.9. The number of benzene rings is 3. The van der Waals surface area contributed by atoms with E-state index in [0.717, 1.165) is 5.56 Å². The second-order valence-corrected chi connectivity index (χ2v) is 9.34. The van der Waals surface area contributed by atoms with E-state index in [9.17, 15) is 19.2 Å². The predicted molar refractivity (Wildman–Crippen MR) is 143 cm³/mol. The maximum Gasteiger partial charge on any atom is 0.338 e. The van der Waals surface area contributed by atoms with Gasteiger partial charge in [0.15, 0.2) is 11.7 Å². The fourth-order valence-corrected chi connectivity index (χ4v) is 4.34. The smallest absolute Gasteiger partial charge is 0.338 e. The molecule has 214 valence electrons. The zero-order valence-electron chi connectivity index (χ0n) is 22.6. The summed E-state index contributed by atoms with van der Waals surface area (Å²) in [5.41, 5.74) is -0.404. The lowest BCUT2D eigenvalue weighted by atomic mass is 9.96. The molecule has 1 unspecified atom stereocenters. The van der Waals surface area contributed by atoms with Crippen LogP contribution in [0.15, 0.2) is 91.0 Å². The molecule has 1 heterocycles. The number of hydrogen-bond acceptors (Lipinski definition) is 10. The van der Waals surface area contributed by atoms with Crippen LogP contribution in [0.5, 0.6) is 0 Å². The van der Waals surface area contributed by atoms with Crippen molar-refractivity contribution < 1.29 is 47.6 Å². The van der Waals surface area contributed by atoms with Gasteiger partial charge in [0, 0.05) is 13.8 Å². The van der Waals surface area contributed by atoms with Crippen LogP contribution in [0.1, 0.15) is 40.1 Å². The van der Waals surface area contributed by atoms with Crippen molar-refractivity contribution in [3.05, 3.63) is 108 Å². The number of rotatable bonds is 11. The van der Waals surface area contributed by atoms with Crippen LogP contribution in [0, 0.1) is 0 Å². The van der Waals surface area contributed by atoms with Gasteiger partial charge in [-0.15, -0.1) is 0 Å². The Morgan fingerprint density at radius 2 is 1.15 bits per heavy atom. The third kappa shape index (κ3) is 7.77. The van der Waals surface area contributed by atoms with Crippen LogP contribution < -0.4 is 0 Å². The minimum absolute atomic E-state index is 0.0282. The lowest BCUT2D eigenvalue weighted by Crippen LogP contribution is -2.53. The summed E-state index contributed by atoms with van der Waals surface area (Å²) in [5.74, 6) is -2.76. The van der Waals surface area contributed by atoms with Crippen LogP contribution >= 0.6 is 0 Å². The van der Waals surface area contributed by atoms with Crippen molar-refractivity contribution in [1.29, 1.82) is 0 Å². The van der Waals surface area contributed by atoms with E-state index in [-0.39, 0.29) is 17.7 Å². The largest absolute Gasteiger partial charge is 0.459 e. The van der Waals surface area contributed by atoms with Crippen molar-refractivity contribution in [2.45, 2.75) is 44.6 Å². The lowest BCUT2D eigenvalue weighted by Gasteiger charge is -2.33. The molecule has 0 aliphatic carbocycles. The summed E-state index contributed by atoms with van der Waals surface area (Å²) < 4.78 is 34.5. The maximum atomic E-state index is 12.9. The molecule has 0 aromatic heterocycles. The molecule has 4 rings (SSSR count). The topological polar surface area (TPSA) is 124 Å². The third-order valence-corrected chi connectivity index (χ3v) is 6.21. The Balaban J connectivity index is 1.69. The van der Waals surface area contributed by atoms with E-state index in [1.165, 1.54) is 13.8 Å². The van der Waals surface area contributed by atoms with Gasteiger partial charge in [-0.2, -0.15) is 0 Å². The maximum absolute atomic E-state index is 12.9. The normalized spacial score (nSPS) is 19.1. The minimum atomic E-state index is -1.73. The first-order valence-electron chi connectivity index (χ1n) is 12.9. The zero-order chi connectivity index (χ0) is 29.2. The average Bonchev–Trinajstić information content (AvgIpc) is 3.25. The van der Waals surface area contributed by atoms with E-state index >= 15 is 0 Å². The van der Waals surface area contributed by atoms with Crippen LogP contribution in [-0.4, -0.2) is 61.2 Å². The standard InChI is InChI=1S/C31H30O10/c1-21(32)39-26-27(36-18-23-12-6-3-7-13-23)31(41-30(26)40-22(2)33,19-37-28(34)24-14-8-4-9-15-24)20-38-29(35)25-16-10-5-11-17-25/h3-17,26-27,30H,18-20H2,1-2H3/t26-,27-,30?/m1/s1. The molecule has 1 fully saturated rings. The highest BCUT2D eigenvalue weighted by atomic mass is 16.8. The molecule has 0 saturated carbocycles. The quantitative estimate of drug-likeness (QED) is 0.251. The molecule has 0 N–H and O–H groups in total. The number of carbonyl (C=O) groups excluding carboxylic acids is 4. The molecule has 41 heavy (non-hydrogen) atoms. The number of hydrogen-bond donors (Lipinski definition) is 0. The van der Waals surface area contributed by atoms with Gasteiger partial charge in [0.05, 0.1) is 17.7 Å². The summed E-state index contributed by atoms with van der Waals surface area (Å²) in [6.45, 7) is 1.40. The number of ether oxygens (including phenoxy) is 6. The van der Waals surface area contributed by atoms with Crippen LogP contribution in [0.3, 0.4) is 0 Å². The van der Waals surface area contributed by atoms with Crippen LogP contribution in [-0.2, 0) is 44.6 Å². The van der Waals surface area contributed by atoms with Gasteiger partial charge in [-0.05, 0) is 29.8 Å². The first kappa shape index (κ1) is 29.4. The fraction of sp³-hybridized carbons (Fsp3) is 0.290. The average molecular weight is 563 g/mol. The Bertz CT molecular complexity index is 1270. The van der Waals surface area contributed by atoms with Crippen molar-refractivity contribution in [3.63, 3.8) is 0 Å². The van der Waals surface area contributed by atoms with Crippen molar-refractivity contribution in [3.8, 4) is 0 Å². The molecule has 0 amide bonds. The van der Waals surface area contributed by atoms with E-state index in [2.05, 4.69) is 0 Å². The Morgan fingerprint density at radius 3 is 1.61 bits per heavy atom. The fourth-order valence-electron chi connectivity index (χ4n) is 4.34. The van der Waals surface area contributed by atoms with Gasteiger partial charge in [-0.1, -0.05) is 66.7 Å². The molecule has 0 bridgehead atoms. The predicted octanol–water partition coefficient (Wildman–Crippen LogP) is 3.88. The second-order valence-electron chi connectivity index (χ2n) is 9.34. The van der Waals surface area contributed by atoms with E-state index in [4.69, 9.17) is 28.4 Å². The summed E-state index contributed by atoms with van der Waals surface area (Å²) in [4.78, 5) is 49.9. The highest BCUT2D eigenvalue weighted by molar-refractivity contribution is 5.90. The van der Waals surface area contributed by atoms with Gasteiger partial charge < -0.3 is 28.4 Å². The summed E-state index contributed by atoms with van der Waals surface area (Å²) >= 11 is 0. The molecule has 1 aliphatic rings. The molecule has 1 saturated heterocycles. The number of carbonyl (C=O) groups is 4. The Labute approximate surface area is 237 Å². The molecule has 3 aromatic rings. The van der Waals surface area contributed by atoms with Gasteiger partial charge in [0.1, 0.15) is 19.3 Å². The monoisotopic (exact) mass is 562 g/mol. The lowest BCUT2D eigenvalue weighted by molar-refractivity contribution is -0.215. The van der Waals surface area contributed by atoms with Crippen LogP contribution in [0.4, 0.5) is 0 Å². The van der Waals surface area contributed by atoms with E-state index in [1.54, 1.807) is 60.7 Å². The Hall–Kier alpha value is -4.54. The highest BCUT2D eigenvalue weighted by Gasteiger charge is 2.61. The van der Waals surface area contributed by atoms with Gasteiger partial charge >= 0.3 is 23.9 Å². The Kier molecular flexibility index (Phi) is 9.83. The van der Waals surface area contributed by atoms with Gasteiger partial charge in [-0.3, -0.25) is 9.59 Å². The molecular formula is C31H30O10. The first-order chi connectivity index (χ1) is 19.8. The van der Waals surface area contributed by atoms with Crippen molar-refractivity contribution >= 4 is 23.9 Å². The molecule has 0 spiro atoms. The molecule has 1 aliphatic heterocycles. The van der Waals surface area contributed by atoms with Gasteiger partial charge in [0.2, 0.25) is 6.29 Å². The minimum Gasteiger partial charge on any atom is -0.459 e. The van der Waals surface area contributed by atoms with Crippen molar-refractivity contribution in [2.75, 3.05) is 13.2 Å². The summed E-state index contributed by atoms with van der Waals surface area (Å²) in [6, 6.07) is 25.7. The zero-order valence-corrected chi connectivity index (χ0v) is 22.6. The van der Waals surface area contributed by atoms with E-state index in [0.29, 0.717) is 0 Å². The third-order valence-electron chi connectivity index (χ3n) is 6.21. The van der Waals surface area contributed by atoms with E-state index in [1.807, 2.05) is 30.3 Å². The van der Waals surface area contributed by atoms with Crippen LogP contribution in [0.25, 0.3) is 0 Å². The molecular weight excluding hydrogens is 532 g/mol. The molecule has 0 radical (unpaired) electrons. The summed E-state index contributed by atoms with van der Waals surface area (Å²) in [6.07, 6.45) is -3.91. The van der Waals surface area contributed by atoms with Crippen molar-refractivity contribution in [1.82, 2.24) is 0 Å². The van der Waals surface area contributed by atoms with Gasteiger partial charge in [-0.25, -0.2) is 9.59 Å². The second kappa shape index (κ2) is 13.7. The van der Waals surface area contributed by atoms with Gasteiger partial charge in [0.25, 0.3) is 0 Å². The molecule has 10 heteroatoms. The van der Waals surface area contributed by atoms with Crippen LogP contribution in [0.2, 0.25) is 0 Å². The SMILES string of the molecule is CC(=O)OC1OC(COC(=O)c2ccccc2)(COC(=O)c2ccccc2)[C@H](OCc2ccccc2)[C@H]1OC(C)=O. The molecule has 3 atom stereocenters. The van der Waals surface area contributed by atoms with Crippen molar-refractivity contribution in [2.24, 2.45) is 0 Å². The highest BCUT2D eigenvalue weighted by Crippen LogP contribution is 2.38. The van der Waals surface area contributed by atoms with E-state index < -0.39 is 61.2 Å². The number of esters is 4.